The fraction of sp³-hybridized carbons (Fsp3) is 0.200. The van der Waals surface area contributed by atoms with Crippen LogP contribution in [0.1, 0.15) is 32.1 Å². The van der Waals surface area contributed by atoms with E-state index in [1.54, 1.807) is 0 Å². The number of hydrogen-bond acceptors (Lipinski definition) is 4. The normalized spacial score (nSPS) is 10.6. The van der Waals surface area contributed by atoms with E-state index >= 15 is 0 Å². The second-order valence-electron chi connectivity index (χ2n) is 6.20. The summed E-state index contributed by atoms with van der Waals surface area (Å²) in [6.07, 6.45) is 0. The summed E-state index contributed by atoms with van der Waals surface area (Å²) in [5.74, 6) is -0.132. The first kappa shape index (κ1) is 17.2. The average Bonchev–Trinajstić information content (AvgIpc) is 2.93. The Kier molecular flexibility index (Phi) is 4.86. The van der Waals surface area contributed by atoms with Gasteiger partial charge in [-0.1, -0.05) is 46.7 Å². The molecule has 0 aliphatic carbocycles. The van der Waals surface area contributed by atoms with Gasteiger partial charge in [0.25, 0.3) is 5.91 Å². The van der Waals surface area contributed by atoms with Crippen LogP contribution in [0.25, 0.3) is 0 Å². The zero-order chi connectivity index (χ0) is 18.0. The highest BCUT2D eigenvalue weighted by Gasteiger charge is 2.16. The maximum atomic E-state index is 12.5. The van der Waals surface area contributed by atoms with Gasteiger partial charge in [-0.05, 0) is 51.5 Å². The molecule has 2 N–H and O–H groups in total. The van der Waals surface area contributed by atoms with Crippen molar-refractivity contribution < 1.29 is 4.79 Å². The smallest absolute Gasteiger partial charge is 0.267 e. The zero-order valence-corrected chi connectivity index (χ0v) is 15.6. The van der Waals surface area contributed by atoms with Gasteiger partial charge in [0, 0.05) is 11.4 Å². The summed E-state index contributed by atoms with van der Waals surface area (Å²) in [7, 11) is 0. The largest absolute Gasteiger partial charge is 0.331 e. The van der Waals surface area contributed by atoms with Gasteiger partial charge < -0.3 is 10.6 Å². The quantitative estimate of drug-likeness (QED) is 0.664. The molecule has 0 unspecified atom stereocenters. The van der Waals surface area contributed by atoms with Crippen molar-refractivity contribution in [2.75, 3.05) is 10.6 Å². The highest BCUT2D eigenvalue weighted by atomic mass is 32.1. The Bertz CT molecular complexity index is 913. The summed E-state index contributed by atoms with van der Waals surface area (Å²) in [5.41, 5.74) is 6.04. The molecule has 0 spiro atoms. The van der Waals surface area contributed by atoms with E-state index < -0.39 is 0 Å². The maximum Gasteiger partial charge on any atom is 0.267 e. The summed E-state index contributed by atoms with van der Waals surface area (Å²) in [6.45, 7) is 8.00. The summed E-state index contributed by atoms with van der Waals surface area (Å²) in [4.78, 5) is 17.6. The Morgan fingerprint density at radius 1 is 0.960 bits per heavy atom. The monoisotopic (exact) mass is 351 g/mol. The predicted molar refractivity (Wildman–Crippen MR) is 105 cm³/mol. The minimum absolute atomic E-state index is 0.132. The van der Waals surface area contributed by atoms with Crippen molar-refractivity contribution in [3.63, 3.8) is 0 Å². The van der Waals surface area contributed by atoms with Gasteiger partial charge in [0.05, 0.1) is 5.69 Å². The van der Waals surface area contributed by atoms with Crippen molar-refractivity contribution >= 4 is 33.8 Å². The van der Waals surface area contributed by atoms with Crippen molar-refractivity contribution in [2.24, 2.45) is 0 Å². The molecule has 3 aromatic rings. The lowest BCUT2D eigenvalue weighted by molar-refractivity contribution is 0.103. The molecule has 5 heteroatoms. The molecular weight excluding hydrogens is 330 g/mol. The first-order valence-electron chi connectivity index (χ1n) is 8.12. The third-order valence-electron chi connectivity index (χ3n) is 3.94. The molecule has 0 bridgehead atoms. The Morgan fingerprint density at radius 3 is 2.32 bits per heavy atom. The average molecular weight is 351 g/mol. The Morgan fingerprint density at radius 2 is 1.64 bits per heavy atom. The second-order valence-corrected chi connectivity index (χ2v) is 7.20. The number of nitrogens with one attached hydrogen (secondary N) is 2. The number of amides is 1. The van der Waals surface area contributed by atoms with E-state index in [0.29, 0.717) is 4.88 Å². The van der Waals surface area contributed by atoms with Crippen molar-refractivity contribution in [1.82, 2.24) is 4.98 Å². The van der Waals surface area contributed by atoms with E-state index in [1.807, 2.05) is 44.2 Å². The molecule has 25 heavy (non-hydrogen) atoms. The third kappa shape index (κ3) is 4.06. The van der Waals surface area contributed by atoms with Crippen molar-refractivity contribution in [1.29, 1.82) is 0 Å². The Balaban J connectivity index is 1.77. The van der Waals surface area contributed by atoms with E-state index in [2.05, 4.69) is 41.6 Å². The highest BCUT2D eigenvalue weighted by molar-refractivity contribution is 7.17. The first-order valence-corrected chi connectivity index (χ1v) is 8.94. The molecule has 0 radical (unpaired) electrons. The van der Waals surface area contributed by atoms with Crippen molar-refractivity contribution in [2.45, 2.75) is 27.7 Å². The fourth-order valence-corrected chi connectivity index (χ4v) is 3.43. The Labute approximate surface area is 151 Å². The van der Waals surface area contributed by atoms with Crippen LogP contribution in [-0.4, -0.2) is 10.9 Å². The fourth-order valence-electron chi connectivity index (χ4n) is 2.55. The van der Waals surface area contributed by atoms with Gasteiger partial charge >= 0.3 is 0 Å². The van der Waals surface area contributed by atoms with E-state index in [0.717, 1.165) is 33.3 Å². The van der Waals surface area contributed by atoms with Gasteiger partial charge in [0.2, 0.25) is 0 Å². The van der Waals surface area contributed by atoms with Crippen LogP contribution in [0.4, 0.5) is 16.5 Å². The van der Waals surface area contributed by atoms with E-state index in [9.17, 15) is 4.79 Å². The van der Waals surface area contributed by atoms with Crippen LogP contribution < -0.4 is 10.6 Å². The molecule has 3 rings (SSSR count). The minimum atomic E-state index is -0.132. The number of rotatable bonds is 4. The number of anilines is 3. The number of aromatic nitrogens is 1. The molecule has 0 fully saturated rings. The van der Waals surface area contributed by atoms with Crippen LogP contribution in [-0.2, 0) is 0 Å². The molecule has 4 nitrogen and oxygen atoms in total. The van der Waals surface area contributed by atoms with E-state index in [1.165, 1.54) is 16.9 Å². The van der Waals surface area contributed by atoms with E-state index in [-0.39, 0.29) is 5.91 Å². The maximum absolute atomic E-state index is 12.5. The number of aryl methyl sites for hydroxylation is 4. The number of hydrogen-bond donors (Lipinski definition) is 2. The number of nitrogens with zero attached hydrogens (tertiary/aromatic N) is 1. The third-order valence-corrected chi connectivity index (χ3v) is 5.01. The van der Waals surface area contributed by atoms with Gasteiger partial charge in [0.1, 0.15) is 4.88 Å². The molecule has 0 saturated heterocycles. The molecule has 1 heterocycles. The van der Waals surface area contributed by atoms with Gasteiger partial charge in [0.15, 0.2) is 5.13 Å². The summed E-state index contributed by atoms with van der Waals surface area (Å²) in [5, 5.41) is 6.96. The van der Waals surface area contributed by atoms with Crippen LogP contribution >= 0.6 is 11.3 Å². The minimum Gasteiger partial charge on any atom is -0.331 e. The zero-order valence-electron chi connectivity index (χ0n) is 14.8. The number of benzene rings is 2. The molecule has 0 aliphatic rings. The van der Waals surface area contributed by atoms with Gasteiger partial charge in [-0.15, -0.1) is 0 Å². The van der Waals surface area contributed by atoms with Crippen LogP contribution in [0.5, 0.6) is 0 Å². The molecule has 0 saturated carbocycles. The first-order chi connectivity index (χ1) is 11.9. The van der Waals surface area contributed by atoms with Crippen molar-refractivity contribution in [3.8, 4) is 0 Å². The lowest BCUT2D eigenvalue weighted by Crippen LogP contribution is -2.11. The Hall–Kier alpha value is -2.66. The number of carbonyl (C=O) groups is 1. The molecule has 128 valence electrons. The van der Waals surface area contributed by atoms with E-state index in [4.69, 9.17) is 0 Å². The molecule has 1 amide bonds. The van der Waals surface area contributed by atoms with Gasteiger partial charge in [-0.3, -0.25) is 4.79 Å². The topological polar surface area (TPSA) is 54.0 Å². The molecule has 1 aromatic heterocycles. The lowest BCUT2D eigenvalue weighted by atomic mass is 10.1. The van der Waals surface area contributed by atoms with Gasteiger partial charge in [-0.2, -0.15) is 0 Å². The molecular formula is C20H21N3OS. The van der Waals surface area contributed by atoms with Crippen LogP contribution in [0, 0.1) is 27.7 Å². The van der Waals surface area contributed by atoms with Gasteiger partial charge in [-0.25, -0.2) is 4.98 Å². The second kappa shape index (κ2) is 7.07. The van der Waals surface area contributed by atoms with Crippen molar-refractivity contribution in [3.05, 3.63) is 69.7 Å². The summed E-state index contributed by atoms with van der Waals surface area (Å²) in [6, 6.07) is 14.0. The molecule has 0 atom stereocenters. The predicted octanol–water partition coefficient (Wildman–Crippen LogP) is 5.37. The summed E-state index contributed by atoms with van der Waals surface area (Å²) < 4.78 is 0. The summed E-state index contributed by atoms with van der Waals surface area (Å²) >= 11 is 1.36. The number of carbonyl (C=O) groups excluding carboxylic acids is 1. The van der Waals surface area contributed by atoms with Crippen LogP contribution in [0.3, 0.4) is 0 Å². The number of thiazole rings is 1. The lowest BCUT2D eigenvalue weighted by Gasteiger charge is -2.07. The molecule has 2 aromatic carbocycles. The SMILES string of the molecule is Cc1ccc(NC(=O)c2sc(Nc3ccc(C)cc3C)nc2C)cc1. The standard InChI is InChI=1S/C20H21N3OS/c1-12-5-8-16(9-6-12)22-19(24)18-15(4)21-20(25-18)23-17-10-7-13(2)11-14(17)3/h5-11H,1-4H3,(H,21,23)(H,22,24). The highest BCUT2D eigenvalue weighted by Crippen LogP contribution is 2.28. The van der Waals surface area contributed by atoms with Crippen LogP contribution in [0.2, 0.25) is 0 Å². The van der Waals surface area contributed by atoms with Crippen LogP contribution in [0.15, 0.2) is 42.5 Å². The molecule has 0 aliphatic heterocycles.